The van der Waals surface area contributed by atoms with E-state index in [4.69, 9.17) is 0 Å². The molecule has 4 nitrogen and oxygen atoms in total. The minimum Gasteiger partial charge on any atom is -0.314 e. The fourth-order valence-corrected chi connectivity index (χ4v) is 1.40. The van der Waals surface area contributed by atoms with Crippen molar-refractivity contribution < 1.29 is 4.21 Å². The van der Waals surface area contributed by atoms with Crippen molar-refractivity contribution >= 4 is 10.8 Å². The van der Waals surface area contributed by atoms with Crippen LogP contribution in [0.4, 0.5) is 0 Å². The molecule has 0 fully saturated rings. The van der Waals surface area contributed by atoms with Crippen molar-refractivity contribution in [3.63, 3.8) is 0 Å². The Morgan fingerprint density at radius 1 is 1.54 bits per heavy atom. The van der Waals surface area contributed by atoms with Gasteiger partial charge in [-0.2, -0.15) is 5.10 Å². The number of hydrogen-bond donors (Lipinski definition) is 1. The predicted octanol–water partition coefficient (Wildman–Crippen LogP) is -0.149. The second-order valence-corrected chi connectivity index (χ2v) is 4.35. The van der Waals surface area contributed by atoms with Crippen molar-refractivity contribution in [1.82, 2.24) is 15.1 Å². The average Bonchev–Trinajstić information content (AvgIpc) is 2.55. The Kier molecular flexibility index (Phi) is 4.70. The normalized spacial score (nSPS) is 13.0. The van der Waals surface area contributed by atoms with Crippen LogP contribution < -0.4 is 5.32 Å². The molecule has 1 atom stereocenters. The van der Waals surface area contributed by atoms with Crippen molar-refractivity contribution in [3.8, 4) is 0 Å². The lowest BCUT2D eigenvalue weighted by atomic mass is 10.6. The largest absolute Gasteiger partial charge is 0.314 e. The highest BCUT2D eigenvalue weighted by Crippen LogP contribution is 1.82. The van der Waals surface area contributed by atoms with Crippen LogP contribution in [0.1, 0.15) is 0 Å². The van der Waals surface area contributed by atoms with Crippen LogP contribution in [0.15, 0.2) is 18.5 Å². The van der Waals surface area contributed by atoms with Crippen molar-refractivity contribution in [3.05, 3.63) is 18.5 Å². The molecule has 0 radical (unpaired) electrons. The van der Waals surface area contributed by atoms with Crippen LogP contribution in [0, 0.1) is 0 Å². The zero-order chi connectivity index (χ0) is 9.52. The average molecular weight is 201 g/mol. The van der Waals surface area contributed by atoms with E-state index in [2.05, 4.69) is 10.4 Å². The first kappa shape index (κ1) is 10.4. The molecule has 74 valence electrons. The highest BCUT2D eigenvalue weighted by Gasteiger charge is 1.92. The Balaban J connectivity index is 1.99. The Hall–Kier alpha value is -0.680. The third-order valence-corrected chi connectivity index (χ3v) is 2.42. The maximum atomic E-state index is 10.7. The van der Waals surface area contributed by atoms with Crippen molar-refractivity contribution in [2.75, 3.05) is 25.1 Å². The summed E-state index contributed by atoms with van der Waals surface area (Å²) in [6, 6.07) is 1.90. The van der Waals surface area contributed by atoms with Gasteiger partial charge in [0.25, 0.3) is 0 Å². The van der Waals surface area contributed by atoms with Crippen LogP contribution >= 0.6 is 0 Å². The number of aromatic nitrogens is 2. The molecule has 13 heavy (non-hydrogen) atoms. The van der Waals surface area contributed by atoms with Crippen LogP contribution in [-0.2, 0) is 17.3 Å². The molecule has 1 rings (SSSR count). The molecule has 0 aliphatic carbocycles. The van der Waals surface area contributed by atoms with Gasteiger partial charge in [0.2, 0.25) is 0 Å². The first-order valence-corrected chi connectivity index (χ1v) is 6.00. The van der Waals surface area contributed by atoms with Gasteiger partial charge in [0, 0.05) is 48.3 Å². The molecule has 1 aromatic rings. The molecule has 0 spiro atoms. The Bertz CT molecular complexity index is 248. The van der Waals surface area contributed by atoms with E-state index in [1.54, 1.807) is 12.5 Å². The van der Waals surface area contributed by atoms with Crippen LogP contribution in [0.3, 0.4) is 0 Å². The first-order valence-electron chi connectivity index (χ1n) is 4.27. The van der Waals surface area contributed by atoms with Crippen LogP contribution in [-0.4, -0.2) is 39.1 Å². The summed E-state index contributed by atoms with van der Waals surface area (Å²) in [6.07, 6.45) is 5.41. The van der Waals surface area contributed by atoms with Gasteiger partial charge < -0.3 is 5.32 Å². The summed E-state index contributed by atoms with van der Waals surface area (Å²) >= 11 is 0. The number of nitrogens with zero attached hydrogens (tertiary/aromatic N) is 2. The van der Waals surface area contributed by atoms with Gasteiger partial charge in [-0.25, -0.2) is 0 Å². The quantitative estimate of drug-likeness (QED) is 0.651. The summed E-state index contributed by atoms with van der Waals surface area (Å²) in [7, 11) is -0.691. The van der Waals surface area contributed by atoms with Crippen molar-refractivity contribution in [2.45, 2.75) is 6.54 Å². The lowest BCUT2D eigenvalue weighted by molar-refractivity contribution is 0.565. The predicted molar refractivity (Wildman–Crippen MR) is 54.0 cm³/mol. The minimum absolute atomic E-state index is 0.691. The molecule has 1 N–H and O–H groups in total. The van der Waals surface area contributed by atoms with Gasteiger partial charge in [0.1, 0.15) is 0 Å². The smallest absolute Gasteiger partial charge is 0.0533 e. The molecular formula is C8H15N3OS. The molecule has 0 aliphatic rings. The molecule has 0 bridgehead atoms. The molecule has 0 aromatic carbocycles. The Morgan fingerprint density at radius 3 is 3.00 bits per heavy atom. The van der Waals surface area contributed by atoms with E-state index in [-0.39, 0.29) is 0 Å². The lowest BCUT2D eigenvalue weighted by Crippen LogP contribution is -2.24. The van der Waals surface area contributed by atoms with Crippen LogP contribution in [0.25, 0.3) is 0 Å². The lowest BCUT2D eigenvalue weighted by Gasteiger charge is -2.03. The fourth-order valence-electron chi connectivity index (χ4n) is 0.967. The third kappa shape index (κ3) is 4.80. The number of nitrogens with one attached hydrogen (secondary N) is 1. The Labute approximate surface area is 80.8 Å². The van der Waals surface area contributed by atoms with Crippen molar-refractivity contribution in [2.24, 2.45) is 0 Å². The van der Waals surface area contributed by atoms with E-state index in [1.165, 1.54) is 0 Å². The van der Waals surface area contributed by atoms with E-state index >= 15 is 0 Å². The highest BCUT2D eigenvalue weighted by molar-refractivity contribution is 7.84. The number of rotatable bonds is 6. The maximum Gasteiger partial charge on any atom is 0.0533 e. The summed E-state index contributed by atoms with van der Waals surface area (Å²) < 4.78 is 12.6. The molecule has 0 amide bonds. The Morgan fingerprint density at radius 2 is 2.38 bits per heavy atom. The second-order valence-electron chi connectivity index (χ2n) is 2.80. The van der Waals surface area contributed by atoms with Crippen LogP contribution in [0.2, 0.25) is 0 Å². The maximum absolute atomic E-state index is 10.7. The van der Waals surface area contributed by atoms with Gasteiger partial charge in [-0.15, -0.1) is 0 Å². The zero-order valence-electron chi connectivity index (χ0n) is 7.77. The number of hydrogen-bond acceptors (Lipinski definition) is 3. The van der Waals surface area contributed by atoms with Gasteiger partial charge >= 0.3 is 0 Å². The van der Waals surface area contributed by atoms with Gasteiger partial charge in [-0.1, -0.05) is 0 Å². The summed E-state index contributed by atoms with van der Waals surface area (Å²) in [5.74, 6) is 0.721. The standard InChI is InChI=1S/C8H15N3OS/c1-13(12)8-5-9-4-7-11-6-2-3-10-11/h2-3,6,9H,4-5,7-8H2,1H3. The molecule has 1 unspecified atom stereocenters. The van der Waals surface area contributed by atoms with E-state index in [1.807, 2.05) is 16.9 Å². The topological polar surface area (TPSA) is 46.9 Å². The molecule has 0 saturated carbocycles. The van der Waals surface area contributed by atoms with E-state index in [0.717, 1.165) is 25.4 Å². The second kappa shape index (κ2) is 5.88. The zero-order valence-corrected chi connectivity index (χ0v) is 8.59. The van der Waals surface area contributed by atoms with E-state index in [9.17, 15) is 4.21 Å². The summed E-state index contributed by atoms with van der Waals surface area (Å²) in [6.45, 7) is 2.55. The molecule has 1 aromatic heterocycles. The highest BCUT2D eigenvalue weighted by atomic mass is 32.2. The summed E-state index contributed by atoms with van der Waals surface area (Å²) in [4.78, 5) is 0. The SMILES string of the molecule is CS(=O)CCNCCn1cccn1. The van der Waals surface area contributed by atoms with Gasteiger partial charge in [0.15, 0.2) is 0 Å². The fraction of sp³-hybridized carbons (Fsp3) is 0.625. The molecule has 0 aliphatic heterocycles. The monoisotopic (exact) mass is 201 g/mol. The van der Waals surface area contributed by atoms with Crippen molar-refractivity contribution in [1.29, 1.82) is 0 Å². The first-order chi connectivity index (χ1) is 6.29. The summed E-state index contributed by atoms with van der Waals surface area (Å²) in [5.41, 5.74) is 0. The van der Waals surface area contributed by atoms with E-state index in [0.29, 0.717) is 0 Å². The van der Waals surface area contributed by atoms with Gasteiger partial charge in [0.05, 0.1) is 6.54 Å². The summed E-state index contributed by atoms with van der Waals surface area (Å²) in [5, 5.41) is 7.27. The van der Waals surface area contributed by atoms with Crippen LogP contribution in [0.5, 0.6) is 0 Å². The minimum atomic E-state index is -0.691. The van der Waals surface area contributed by atoms with Gasteiger partial charge in [-0.3, -0.25) is 8.89 Å². The van der Waals surface area contributed by atoms with E-state index < -0.39 is 10.8 Å². The molecule has 5 heteroatoms. The molecular weight excluding hydrogens is 186 g/mol. The van der Waals surface area contributed by atoms with Gasteiger partial charge in [-0.05, 0) is 6.07 Å². The molecule has 1 heterocycles. The molecule has 0 saturated heterocycles. The third-order valence-electron chi connectivity index (χ3n) is 1.64.